The van der Waals surface area contributed by atoms with E-state index in [9.17, 15) is 0 Å². The van der Waals surface area contributed by atoms with E-state index < -0.39 is 0 Å². The summed E-state index contributed by atoms with van der Waals surface area (Å²) in [6, 6.07) is 14.1. The van der Waals surface area contributed by atoms with Gasteiger partial charge in [-0.3, -0.25) is 9.89 Å². The summed E-state index contributed by atoms with van der Waals surface area (Å²) in [5, 5.41) is 6.77. The van der Waals surface area contributed by atoms with Gasteiger partial charge in [0.15, 0.2) is 17.5 Å². The normalized spacial score (nSPS) is 12.4. The molecule has 0 heterocycles. The highest BCUT2D eigenvalue weighted by Gasteiger charge is 2.19. The highest BCUT2D eigenvalue weighted by Crippen LogP contribution is 2.29. The van der Waals surface area contributed by atoms with Gasteiger partial charge in [0, 0.05) is 25.3 Å². The predicted molar refractivity (Wildman–Crippen MR) is 123 cm³/mol. The third kappa shape index (κ3) is 6.03. The van der Waals surface area contributed by atoms with E-state index in [0.29, 0.717) is 24.0 Å². The highest BCUT2D eigenvalue weighted by molar-refractivity contribution is 5.93. The standard InChI is InChI=1S/C23H34N4O3/c1-7-27(8-2)20(17-10-9-11-19(14-17)28-4)16-25-23(24-3)26-18-12-13-21(29-5)22(15-18)30-6/h9-15,20H,7-8,16H2,1-6H3,(H2,24,25,26). The van der Waals surface area contributed by atoms with Gasteiger partial charge in [-0.15, -0.1) is 0 Å². The largest absolute Gasteiger partial charge is 0.497 e. The minimum Gasteiger partial charge on any atom is -0.497 e. The second-order valence-electron chi connectivity index (χ2n) is 6.66. The lowest BCUT2D eigenvalue weighted by atomic mass is 10.0. The van der Waals surface area contributed by atoms with Crippen molar-refractivity contribution in [2.75, 3.05) is 53.3 Å². The molecule has 7 nitrogen and oxygen atoms in total. The summed E-state index contributed by atoms with van der Waals surface area (Å²) in [6.45, 7) is 6.94. The van der Waals surface area contributed by atoms with Crippen LogP contribution in [0.4, 0.5) is 5.69 Å². The van der Waals surface area contributed by atoms with E-state index in [1.165, 1.54) is 5.56 Å². The summed E-state index contributed by atoms with van der Waals surface area (Å²) in [4.78, 5) is 6.78. The first-order valence-corrected chi connectivity index (χ1v) is 10.2. The number of likely N-dealkylation sites (N-methyl/N-ethyl adjacent to an activating group) is 1. The Bertz CT molecular complexity index is 822. The van der Waals surface area contributed by atoms with Crippen molar-refractivity contribution < 1.29 is 14.2 Å². The Morgan fingerprint density at radius 3 is 2.30 bits per heavy atom. The zero-order chi connectivity index (χ0) is 21.9. The van der Waals surface area contributed by atoms with Gasteiger partial charge in [0.1, 0.15) is 5.75 Å². The van der Waals surface area contributed by atoms with Crippen molar-refractivity contribution in [2.24, 2.45) is 4.99 Å². The van der Waals surface area contributed by atoms with Gasteiger partial charge in [0.25, 0.3) is 0 Å². The number of aliphatic imine (C=N–C) groups is 1. The van der Waals surface area contributed by atoms with Crippen LogP contribution in [0.3, 0.4) is 0 Å². The molecule has 0 aliphatic carbocycles. The molecule has 0 aliphatic rings. The predicted octanol–water partition coefficient (Wildman–Crippen LogP) is 3.78. The van der Waals surface area contributed by atoms with Crippen LogP contribution in [0.25, 0.3) is 0 Å². The minimum atomic E-state index is 0.180. The van der Waals surface area contributed by atoms with Gasteiger partial charge in [-0.1, -0.05) is 26.0 Å². The summed E-state index contributed by atoms with van der Waals surface area (Å²) in [7, 11) is 6.70. The molecule has 2 aromatic rings. The maximum Gasteiger partial charge on any atom is 0.195 e. The van der Waals surface area contributed by atoms with Crippen molar-refractivity contribution >= 4 is 11.6 Å². The van der Waals surface area contributed by atoms with Gasteiger partial charge in [-0.2, -0.15) is 0 Å². The SMILES string of the molecule is CCN(CC)C(CNC(=NC)Nc1ccc(OC)c(OC)c1)c1cccc(OC)c1. The van der Waals surface area contributed by atoms with E-state index in [2.05, 4.69) is 46.5 Å². The summed E-state index contributed by atoms with van der Waals surface area (Å²) < 4.78 is 16.1. The number of hydrogen-bond acceptors (Lipinski definition) is 5. The molecular formula is C23H34N4O3. The van der Waals surface area contributed by atoms with Crippen LogP contribution in [0.5, 0.6) is 17.2 Å². The molecule has 0 radical (unpaired) electrons. The van der Waals surface area contributed by atoms with Crippen molar-refractivity contribution in [1.82, 2.24) is 10.2 Å². The number of rotatable bonds is 10. The summed E-state index contributed by atoms with van der Waals surface area (Å²) in [5.74, 6) is 2.89. The van der Waals surface area contributed by atoms with Gasteiger partial charge in [0.2, 0.25) is 0 Å². The molecular weight excluding hydrogens is 380 g/mol. The van der Waals surface area contributed by atoms with E-state index in [1.54, 1.807) is 28.4 Å². The molecule has 164 valence electrons. The van der Waals surface area contributed by atoms with Crippen molar-refractivity contribution in [2.45, 2.75) is 19.9 Å². The Balaban J connectivity index is 2.16. The molecule has 7 heteroatoms. The maximum absolute atomic E-state index is 5.42. The number of hydrogen-bond donors (Lipinski definition) is 2. The summed E-state index contributed by atoms with van der Waals surface area (Å²) in [5.41, 5.74) is 2.06. The zero-order valence-corrected chi connectivity index (χ0v) is 18.9. The van der Waals surface area contributed by atoms with Crippen LogP contribution < -0.4 is 24.8 Å². The molecule has 0 spiro atoms. The molecule has 0 amide bonds. The Morgan fingerprint density at radius 1 is 0.967 bits per heavy atom. The first kappa shape index (κ1) is 23.3. The molecule has 1 atom stereocenters. The van der Waals surface area contributed by atoms with E-state index in [1.807, 2.05) is 30.3 Å². The van der Waals surface area contributed by atoms with E-state index >= 15 is 0 Å². The van der Waals surface area contributed by atoms with Crippen LogP contribution in [0.2, 0.25) is 0 Å². The Kier molecular flexibility index (Phi) is 9.28. The number of anilines is 1. The number of benzene rings is 2. The highest BCUT2D eigenvalue weighted by atomic mass is 16.5. The third-order valence-electron chi connectivity index (χ3n) is 5.06. The number of nitrogens with one attached hydrogen (secondary N) is 2. The smallest absolute Gasteiger partial charge is 0.195 e. The molecule has 2 rings (SSSR count). The molecule has 0 saturated heterocycles. The van der Waals surface area contributed by atoms with Gasteiger partial charge >= 0.3 is 0 Å². The molecule has 2 aromatic carbocycles. The lowest BCUT2D eigenvalue weighted by Crippen LogP contribution is -2.40. The van der Waals surface area contributed by atoms with Crippen LogP contribution in [-0.4, -0.2) is 58.9 Å². The second kappa shape index (κ2) is 11.9. The first-order valence-electron chi connectivity index (χ1n) is 10.2. The van der Waals surface area contributed by atoms with Crippen LogP contribution in [0.15, 0.2) is 47.5 Å². The Labute approximate surface area is 180 Å². The second-order valence-corrected chi connectivity index (χ2v) is 6.66. The molecule has 30 heavy (non-hydrogen) atoms. The molecule has 0 aliphatic heterocycles. The maximum atomic E-state index is 5.42. The summed E-state index contributed by atoms with van der Waals surface area (Å²) >= 11 is 0. The third-order valence-corrected chi connectivity index (χ3v) is 5.06. The topological polar surface area (TPSA) is 67.4 Å². The van der Waals surface area contributed by atoms with Crippen molar-refractivity contribution in [1.29, 1.82) is 0 Å². The monoisotopic (exact) mass is 414 g/mol. The van der Waals surface area contributed by atoms with Crippen LogP contribution in [0.1, 0.15) is 25.5 Å². The number of methoxy groups -OCH3 is 3. The minimum absolute atomic E-state index is 0.180. The van der Waals surface area contributed by atoms with Crippen LogP contribution in [0, 0.1) is 0 Å². The lowest BCUT2D eigenvalue weighted by Gasteiger charge is -2.31. The number of nitrogens with zero attached hydrogens (tertiary/aromatic N) is 2. The summed E-state index contributed by atoms with van der Waals surface area (Å²) in [6.07, 6.45) is 0. The van der Waals surface area contributed by atoms with E-state index in [4.69, 9.17) is 14.2 Å². The van der Waals surface area contributed by atoms with Gasteiger partial charge < -0.3 is 24.8 Å². The zero-order valence-electron chi connectivity index (χ0n) is 18.9. The van der Waals surface area contributed by atoms with Gasteiger partial charge in [-0.05, 0) is 42.9 Å². The van der Waals surface area contributed by atoms with Gasteiger partial charge in [0.05, 0.1) is 27.4 Å². The van der Waals surface area contributed by atoms with E-state index in [-0.39, 0.29) is 6.04 Å². The fraction of sp³-hybridized carbons (Fsp3) is 0.435. The fourth-order valence-electron chi connectivity index (χ4n) is 3.39. The molecule has 1 unspecified atom stereocenters. The molecule has 0 saturated carbocycles. The Morgan fingerprint density at radius 2 is 1.70 bits per heavy atom. The van der Waals surface area contributed by atoms with Crippen LogP contribution >= 0.6 is 0 Å². The van der Waals surface area contributed by atoms with E-state index in [0.717, 1.165) is 24.5 Å². The average molecular weight is 415 g/mol. The molecule has 0 bridgehead atoms. The lowest BCUT2D eigenvalue weighted by molar-refractivity contribution is 0.219. The van der Waals surface area contributed by atoms with Crippen LogP contribution in [-0.2, 0) is 0 Å². The Hall–Kier alpha value is -2.93. The van der Waals surface area contributed by atoms with Gasteiger partial charge in [-0.25, -0.2) is 0 Å². The number of ether oxygens (including phenoxy) is 3. The quantitative estimate of drug-likeness (QED) is 0.456. The first-order chi connectivity index (χ1) is 14.6. The van der Waals surface area contributed by atoms with Crippen molar-refractivity contribution in [3.63, 3.8) is 0 Å². The molecule has 0 fully saturated rings. The number of guanidine groups is 1. The van der Waals surface area contributed by atoms with Crippen molar-refractivity contribution in [3.05, 3.63) is 48.0 Å². The molecule has 2 N–H and O–H groups in total. The van der Waals surface area contributed by atoms with Crippen molar-refractivity contribution in [3.8, 4) is 17.2 Å². The fourth-order valence-corrected chi connectivity index (χ4v) is 3.39. The average Bonchev–Trinajstić information content (AvgIpc) is 2.80. The molecule has 0 aromatic heterocycles.